The first kappa shape index (κ1) is 14.8. The molecular weight excluding hydrogens is 243 g/mol. The summed E-state index contributed by atoms with van der Waals surface area (Å²) in [5.74, 6) is -0.964. The van der Waals surface area contributed by atoms with Gasteiger partial charge in [-0.1, -0.05) is 25.1 Å². The number of alkyl halides is 3. The Morgan fingerprint density at radius 3 is 2.12 bits per heavy atom. The molecule has 16 heavy (non-hydrogen) atoms. The molecular formula is C10H11ClF3NO. The molecule has 0 aliphatic rings. The Balaban J connectivity index is 0.00000225. The van der Waals surface area contributed by atoms with Crippen molar-refractivity contribution in [1.29, 1.82) is 0 Å². The van der Waals surface area contributed by atoms with Crippen LogP contribution in [0.2, 0.25) is 0 Å². The van der Waals surface area contributed by atoms with E-state index in [4.69, 9.17) is 0 Å². The van der Waals surface area contributed by atoms with Gasteiger partial charge < -0.3 is 0 Å². The van der Waals surface area contributed by atoms with E-state index >= 15 is 0 Å². The summed E-state index contributed by atoms with van der Waals surface area (Å²) in [4.78, 5) is 11.0. The molecule has 0 aromatic heterocycles. The minimum atomic E-state index is -4.67. The number of para-hydroxylation sites is 1. The molecule has 0 spiro atoms. The van der Waals surface area contributed by atoms with Crippen molar-refractivity contribution in [3.8, 4) is 0 Å². The van der Waals surface area contributed by atoms with Crippen molar-refractivity contribution < 1.29 is 18.0 Å². The summed E-state index contributed by atoms with van der Waals surface area (Å²) < 4.78 is 37.6. The predicted molar refractivity (Wildman–Crippen MR) is 57.5 cm³/mol. The molecule has 1 amide bonds. The van der Waals surface area contributed by atoms with Crippen LogP contribution in [0.4, 0.5) is 18.9 Å². The standard InChI is InChI=1S/C10H10F3NO.ClH/c1-2-9(15)14(10(11,12)13)8-6-4-3-5-7-8;/h3-7H,2H2,1H3;1H. The topological polar surface area (TPSA) is 20.3 Å². The smallest absolute Gasteiger partial charge is 0.274 e. The fourth-order valence-electron chi connectivity index (χ4n) is 1.17. The molecule has 0 aliphatic carbocycles. The van der Waals surface area contributed by atoms with Gasteiger partial charge in [0.25, 0.3) is 0 Å². The van der Waals surface area contributed by atoms with Crippen LogP contribution >= 0.6 is 12.4 Å². The van der Waals surface area contributed by atoms with E-state index in [1.807, 2.05) is 0 Å². The van der Waals surface area contributed by atoms with Gasteiger partial charge in [0, 0.05) is 6.42 Å². The highest BCUT2D eigenvalue weighted by Gasteiger charge is 2.41. The third-order valence-corrected chi connectivity index (χ3v) is 1.82. The summed E-state index contributed by atoms with van der Waals surface area (Å²) in [6, 6.07) is 7.00. The number of amides is 1. The lowest BCUT2D eigenvalue weighted by molar-refractivity contribution is -0.149. The van der Waals surface area contributed by atoms with Crippen LogP contribution in [0.15, 0.2) is 30.3 Å². The number of hydrogen-bond donors (Lipinski definition) is 0. The second-order valence-corrected chi connectivity index (χ2v) is 2.89. The van der Waals surface area contributed by atoms with Crippen LogP contribution in [0, 0.1) is 0 Å². The normalized spacial score (nSPS) is 10.5. The van der Waals surface area contributed by atoms with Gasteiger partial charge in [-0.3, -0.25) is 4.79 Å². The minimum absolute atomic E-state index is 0. The predicted octanol–water partition coefficient (Wildman–Crippen LogP) is 3.37. The summed E-state index contributed by atoms with van der Waals surface area (Å²) in [6.07, 6.45) is -4.86. The van der Waals surface area contributed by atoms with Gasteiger partial charge in [0.05, 0.1) is 5.69 Å². The molecule has 0 unspecified atom stereocenters. The number of nitrogens with zero attached hydrogens (tertiary/aromatic N) is 1. The Labute approximate surface area is 97.5 Å². The Morgan fingerprint density at radius 1 is 1.25 bits per heavy atom. The molecule has 0 fully saturated rings. The number of benzene rings is 1. The number of anilines is 1. The van der Waals surface area contributed by atoms with Crippen molar-refractivity contribution in [2.45, 2.75) is 19.6 Å². The molecule has 2 nitrogen and oxygen atoms in total. The molecule has 90 valence electrons. The highest BCUT2D eigenvalue weighted by Crippen LogP contribution is 2.28. The number of hydrogen-bond acceptors (Lipinski definition) is 1. The van der Waals surface area contributed by atoms with Gasteiger partial charge in [-0.25, -0.2) is 4.90 Å². The molecule has 0 heterocycles. The van der Waals surface area contributed by atoms with Gasteiger partial charge in [-0.15, -0.1) is 25.6 Å². The number of carbonyl (C=O) groups excluding carboxylic acids is 1. The van der Waals surface area contributed by atoms with Crippen molar-refractivity contribution in [3.63, 3.8) is 0 Å². The molecule has 0 radical (unpaired) electrons. The van der Waals surface area contributed by atoms with Crippen LogP contribution in [0.3, 0.4) is 0 Å². The van der Waals surface area contributed by atoms with E-state index in [0.29, 0.717) is 0 Å². The maximum Gasteiger partial charge on any atom is 0.491 e. The number of halogens is 4. The lowest BCUT2D eigenvalue weighted by Crippen LogP contribution is -2.42. The molecule has 6 heteroatoms. The molecule has 1 aromatic rings. The van der Waals surface area contributed by atoms with Crippen LogP contribution in [0.25, 0.3) is 0 Å². The van der Waals surface area contributed by atoms with E-state index in [2.05, 4.69) is 0 Å². The molecule has 0 saturated heterocycles. The van der Waals surface area contributed by atoms with Crippen LogP contribution in [-0.2, 0) is 4.79 Å². The highest BCUT2D eigenvalue weighted by atomic mass is 35.5. The third kappa shape index (κ3) is 3.41. The monoisotopic (exact) mass is 253 g/mol. The van der Waals surface area contributed by atoms with Crippen molar-refractivity contribution in [3.05, 3.63) is 30.3 Å². The van der Waals surface area contributed by atoms with E-state index in [-0.39, 0.29) is 29.4 Å². The van der Waals surface area contributed by atoms with E-state index in [1.54, 1.807) is 6.07 Å². The van der Waals surface area contributed by atoms with Crippen molar-refractivity contribution in [2.24, 2.45) is 0 Å². The summed E-state index contributed by atoms with van der Waals surface area (Å²) in [7, 11) is 0. The largest absolute Gasteiger partial charge is 0.491 e. The third-order valence-electron chi connectivity index (χ3n) is 1.82. The summed E-state index contributed by atoms with van der Waals surface area (Å²) in [5, 5.41) is 0. The first-order valence-electron chi connectivity index (χ1n) is 4.41. The van der Waals surface area contributed by atoms with E-state index < -0.39 is 12.2 Å². The fraction of sp³-hybridized carbons (Fsp3) is 0.300. The zero-order valence-electron chi connectivity index (χ0n) is 8.49. The van der Waals surface area contributed by atoms with Gasteiger partial charge in [-0.05, 0) is 12.1 Å². The first-order chi connectivity index (χ1) is 6.96. The number of carbonyl (C=O) groups is 1. The minimum Gasteiger partial charge on any atom is -0.274 e. The lowest BCUT2D eigenvalue weighted by atomic mass is 10.3. The SMILES string of the molecule is CCC(=O)N(c1ccccc1)C(F)(F)F.Cl. The molecule has 0 bridgehead atoms. The Morgan fingerprint density at radius 2 is 1.75 bits per heavy atom. The molecule has 0 atom stereocenters. The Kier molecular flexibility index (Phi) is 5.30. The maximum atomic E-state index is 12.5. The average molecular weight is 254 g/mol. The van der Waals surface area contributed by atoms with Gasteiger partial charge in [0.1, 0.15) is 0 Å². The van der Waals surface area contributed by atoms with Gasteiger partial charge in [0.2, 0.25) is 5.91 Å². The van der Waals surface area contributed by atoms with Crippen molar-refractivity contribution in [1.82, 2.24) is 0 Å². The lowest BCUT2D eigenvalue weighted by Gasteiger charge is -2.24. The van der Waals surface area contributed by atoms with Crippen LogP contribution in [0.1, 0.15) is 13.3 Å². The molecule has 0 aliphatic heterocycles. The van der Waals surface area contributed by atoms with E-state index in [9.17, 15) is 18.0 Å². The van der Waals surface area contributed by atoms with Gasteiger partial charge in [-0.2, -0.15) is 0 Å². The summed E-state index contributed by atoms with van der Waals surface area (Å²) in [6.45, 7) is 1.39. The van der Waals surface area contributed by atoms with Crippen LogP contribution < -0.4 is 4.90 Å². The summed E-state index contributed by atoms with van der Waals surface area (Å²) in [5.41, 5.74) is -0.156. The van der Waals surface area contributed by atoms with Gasteiger partial charge >= 0.3 is 6.30 Å². The van der Waals surface area contributed by atoms with Crippen LogP contribution in [-0.4, -0.2) is 12.2 Å². The Bertz CT molecular complexity index is 340. The van der Waals surface area contributed by atoms with E-state index in [1.165, 1.54) is 31.2 Å². The number of rotatable bonds is 2. The Hall–Kier alpha value is -1.23. The van der Waals surface area contributed by atoms with Crippen LogP contribution in [0.5, 0.6) is 0 Å². The molecule has 1 rings (SSSR count). The fourth-order valence-corrected chi connectivity index (χ4v) is 1.17. The molecule has 1 aromatic carbocycles. The maximum absolute atomic E-state index is 12.5. The average Bonchev–Trinajstić information content (AvgIpc) is 2.17. The van der Waals surface area contributed by atoms with E-state index in [0.717, 1.165) is 0 Å². The zero-order valence-corrected chi connectivity index (χ0v) is 9.31. The molecule has 0 saturated carbocycles. The van der Waals surface area contributed by atoms with Crippen molar-refractivity contribution in [2.75, 3.05) is 4.90 Å². The van der Waals surface area contributed by atoms with Crippen molar-refractivity contribution >= 4 is 24.0 Å². The first-order valence-corrected chi connectivity index (χ1v) is 4.41. The molecule has 0 N–H and O–H groups in total. The quantitative estimate of drug-likeness (QED) is 0.740. The second kappa shape index (κ2) is 5.75. The zero-order chi connectivity index (χ0) is 11.5. The highest BCUT2D eigenvalue weighted by molar-refractivity contribution is 5.93. The second-order valence-electron chi connectivity index (χ2n) is 2.89. The van der Waals surface area contributed by atoms with Gasteiger partial charge in [0.15, 0.2) is 0 Å². The summed E-state index contributed by atoms with van der Waals surface area (Å²) >= 11 is 0.